The molecule has 1 atom stereocenters. The smallest absolute Gasteiger partial charge is 0.252 e. The Balaban J connectivity index is 2.16. The van der Waals surface area contributed by atoms with E-state index in [4.69, 9.17) is 4.84 Å². The van der Waals surface area contributed by atoms with Crippen molar-refractivity contribution in [2.24, 2.45) is 5.92 Å². The Hall–Kier alpha value is -0.480. The van der Waals surface area contributed by atoms with Crippen LogP contribution in [0.1, 0.15) is 12.8 Å². The zero-order valence-electron chi connectivity index (χ0n) is 11.8. The van der Waals surface area contributed by atoms with Crippen molar-refractivity contribution in [2.75, 3.05) is 27.2 Å². The highest BCUT2D eigenvalue weighted by atomic mass is 79.9. The summed E-state index contributed by atoms with van der Waals surface area (Å²) in [6, 6.07) is 3.29. The zero-order valence-corrected chi connectivity index (χ0v) is 15.0. The summed E-state index contributed by atoms with van der Waals surface area (Å²) >= 11 is 4.45. The van der Waals surface area contributed by atoms with Crippen molar-refractivity contribution in [1.82, 2.24) is 9.37 Å². The monoisotopic (exact) mass is 396 g/mol. The van der Waals surface area contributed by atoms with Crippen LogP contribution in [0.25, 0.3) is 0 Å². The van der Waals surface area contributed by atoms with E-state index in [1.807, 2.05) is 0 Å². The van der Waals surface area contributed by atoms with Crippen LogP contribution in [0.5, 0.6) is 0 Å². The quantitative estimate of drug-likeness (QED) is 0.729. The SMILES string of the molecule is CON(C)C(=O)C1CCCN(S(=O)(=O)c2ccc(Br)s2)C1. The van der Waals surface area contributed by atoms with Gasteiger partial charge >= 0.3 is 0 Å². The fourth-order valence-electron chi connectivity index (χ4n) is 2.27. The number of thiophene rings is 1. The first kappa shape index (κ1) is 16.9. The maximum Gasteiger partial charge on any atom is 0.252 e. The van der Waals surface area contributed by atoms with E-state index in [0.29, 0.717) is 23.6 Å². The molecule has 0 saturated carbocycles. The Morgan fingerprint density at radius 3 is 2.81 bits per heavy atom. The van der Waals surface area contributed by atoms with E-state index in [1.165, 1.54) is 29.8 Å². The molecule has 0 N–H and O–H groups in total. The summed E-state index contributed by atoms with van der Waals surface area (Å²) in [4.78, 5) is 17.0. The van der Waals surface area contributed by atoms with Crippen molar-refractivity contribution in [3.63, 3.8) is 0 Å². The molecular formula is C12H17BrN2O4S2. The molecule has 6 nitrogen and oxygen atoms in total. The average molecular weight is 397 g/mol. The van der Waals surface area contributed by atoms with E-state index in [2.05, 4.69) is 15.9 Å². The maximum absolute atomic E-state index is 12.6. The molecule has 1 unspecified atom stereocenters. The van der Waals surface area contributed by atoms with Crippen LogP contribution in [0.3, 0.4) is 0 Å². The number of halogens is 1. The highest BCUT2D eigenvalue weighted by Crippen LogP contribution is 2.31. The number of rotatable bonds is 4. The van der Waals surface area contributed by atoms with Gasteiger partial charge in [-0.1, -0.05) is 0 Å². The first-order valence-corrected chi connectivity index (χ1v) is 9.48. The van der Waals surface area contributed by atoms with Gasteiger partial charge < -0.3 is 0 Å². The highest BCUT2D eigenvalue weighted by Gasteiger charge is 2.35. The molecule has 2 heterocycles. The highest BCUT2D eigenvalue weighted by molar-refractivity contribution is 9.11. The fourth-order valence-corrected chi connectivity index (χ4v) is 5.96. The summed E-state index contributed by atoms with van der Waals surface area (Å²) in [5.74, 6) is -0.549. The normalized spacial score (nSPS) is 20.4. The molecule has 0 radical (unpaired) electrons. The molecule has 118 valence electrons. The van der Waals surface area contributed by atoms with Gasteiger partial charge in [-0.3, -0.25) is 9.63 Å². The molecule has 1 saturated heterocycles. The third-order valence-electron chi connectivity index (χ3n) is 3.46. The average Bonchev–Trinajstić information content (AvgIpc) is 2.93. The second kappa shape index (κ2) is 6.74. The third-order valence-corrected chi connectivity index (χ3v) is 7.42. The first-order valence-electron chi connectivity index (χ1n) is 6.43. The summed E-state index contributed by atoms with van der Waals surface area (Å²) in [6.07, 6.45) is 1.34. The number of piperidine rings is 1. The fraction of sp³-hybridized carbons (Fsp3) is 0.583. The topological polar surface area (TPSA) is 66.9 Å². The van der Waals surface area contributed by atoms with Crippen molar-refractivity contribution in [2.45, 2.75) is 17.1 Å². The van der Waals surface area contributed by atoms with Crippen molar-refractivity contribution in [3.8, 4) is 0 Å². The summed E-state index contributed by atoms with van der Waals surface area (Å²) in [7, 11) is -0.581. The molecule has 0 aromatic carbocycles. The number of hydrogen-bond donors (Lipinski definition) is 0. The molecule has 0 spiro atoms. The maximum atomic E-state index is 12.6. The summed E-state index contributed by atoms with van der Waals surface area (Å²) in [5, 5.41) is 1.16. The molecule has 2 rings (SSSR count). The van der Waals surface area contributed by atoms with Crippen LogP contribution in [0.15, 0.2) is 20.1 Å². The standard InChI is InChI=1S/C12H17BrN2O4S2/c1-14(19-2)12(16)9-4-3-7-15(8-9)21(17,18)11-6-5-10(13)20-11/h5-6,9H,3-4,7-8H2,1-2H3. The van der Waals surface area contributed by atoms with Crippen LogP contribution in [0.2, 0.25) is 0 Å². The Morgan fingerprint density at radius 2 is 2.24 bits per heavy atom. The number of amides is 1. The van der Waals surface area contributed by atoms with E-state index >= 15 is 0 Å². The minimum Gasteiger partial charge on any atom is -0.275 e. The van der Waals surface area contributed by atoms with Gasteiger partial charge in [0.2, 0.25) is 5.91 Å². The molecule has 1 fully saturated rings. The number of sulfonamides is 1. The van der Waals surface area contributed by atoms with Crippen molar-refractivity contribution < 1.29 is 18.0 Å². The van der Waals surface area contributed by atoms with Gasteiger partial charge in [-0.05, 0) is 40.9 Å². The number of nitrogens with zero attached hydrogens (tertiary/aromatic N) is 2. The van der Waals surface area contributed by atoms with Crippen LogP contribution in [0, 0.1) is 5.92 Å². The van der Waals surface area contributed by atoms with Crippen LogP contribution in [0.4, 0.5) is 0 Å². The second-order valence-corrected chi connectivity index (χ2v) is 9.41. The lowest BCUT2D eigenvalue weighted by Crippen LogP contribution is -2.45. The lowest BCUT2D eigenvalue weighted by Gasteiger charge is -2.32. The van der Waals surface area contributed by atoms with Crippen LogP contribution < -0.4 is 0 Å². The lowest BCUT2D eigenvalue weighted by molar-refractivity contribution is -0.174. The summed E-state index contributed by atoms with van der Waals surface area (Å²) < 4.78 is 27.6. The van der Waals surface area contributed by atoms with Crippen LogP contribution in [-0.2, 0) is 19.7 Å². The summed E-state index contributed by atoms with van der Waals surface area (Å²) in [6.45, 7) is 0.642. The number of carbonyl (C=O) groups is 1. The Bertz CT molecular complexity index is 617. The van der Waals surface area contributed by atoms with Gasteiger partial charge in [0, 0.05) is 20.1 Å². The van der Waals surface area contributed by atoms with Crippen LogP contribution >= 0.6 is 27.3 Å². The van der Waals surface area contributed by atoms with Crippen molar-refractivity contribution in [3.05, 3.63) is 15.9 Å². The van der Waals surface area contributed by atoms with E-state index in [1.54, 1.807) is 12.1 Å². The Kier molecular flexibility index (Phi) is 5.42. The van der Waals surface area contributed by atoms with E-state index in [0.717, 1.165) is 8.85 Å². The first-order chi connectivity index (χ1) is 9.86. The molecule has 1 aliphatic rings. The van der Waals surface area contributed by atoms with Crippen molar-refractivity contribution >= 4 is 43.2 Å². The van der Waals surface area contributed by atoms with Gasteiger partial charge in [-0.15, -0.1) is 11.3 Å². The van der Waals surface area contributed by atoms with Gasteiger partial charge in [0.25, 0.3) is 10.0 Å². The largest absolute Gasteiger partial charge is 0.275 e. The lowest BCUT2D eigenvalue weighted by atomic mass is 9.99. The molecule has 0 bridgehead atoms. The Labute approximate surface area is 136 Å². The van der Waals surface area contributed by atoms with E-state index < -0.39 is 10.0 Å². The Morgan fingerprint density at radius 1 is 1.52 bits per heavy atom. The minimum absolute atomic E-state index is 0.190. The molecular weight excluding hydrogens is 380 g/mol. The third kappa shape index (κ3) is 3.65. The van der Waals surface area contributed by atoms with E-state index in [-0.39, 0.29) is 18.4 Å². The molecule has 1 aromatic rings. The van der Waals surface area contributed by atoms with Gasteiger partial charge in [0.05, 0.1) is 16.8 Å². The molecule has 21 heavy (non-hydrogen) atoms. The summed E-state index contributed by atoms with van der Waals surface area (Å²) in [5.41, 5.74) is 0. The van der Waals surface area contributed by atoms with Crippen molar-refractivity contribution in [1.29, 1.82) is 0 Å². The second-order valence-electron chi connectivity index (χ2n) is 4.78. The predicted octanol–water partition coefficient (Wildman–Crippen LogP) is 1.93. The molecule has 1 aliphatic heterocycles. The van der Waals surface area contributed by atoms with Gasteiger partial charge in [0.15, 0.2) is 0 Å². The number of hydroxylamine groups is 2. The molecule has 9 heteroatoms. The molecule has 0 aliphatic carbocycles. The van der Waals surface area contributed by atoms with Gasteiger partial charge in [-0.25, -0.2) is 13.5 Å². The van der Waals surface area contributed by atoms with Gasteiger partial charge in [0.1, 0.15) is 4.21 Å². The van der Waals surface area contributed by atoms with Crippen LogP contribution in [-0.4, -0.2) is 50.9 Å². The molecule has 1 aromatic heterocycles. The molecule has 1 amide bonds. The number of carbonyl (C=O) groups excluding carboxylic acids is 1. The minimum atomic E-state index is -3.53. The number of hydrogen-bond acceptors (Lipinski definition) is 5. The van der Waals surface area contributed by atoms with Gasteiger partial charge in [-0.2, -0.15) is 4.31 Å². The zero-order chi connectivity index (χ0) is 15.6. The van der Waals surface area contributed by atoms with E-state index in [9.17, 15) is 13.2 Å². The predicted molar refractivity (Wildman–Crippen MR) is 83.3 cm³/mol.